The van der Waals surface area contributed by atoms with E-state index in [4.69, 9.17) is 4.74 Å². The number of phenolic OH excluding ortho intramolecular Hbond substituents is 1. The monoisotopic (exact) mass is 409 g/mol. The Hall–Kier alpha value is -2.71. The lowest BCUT2D eigenvalue weighted by Gasteiger charge is -2.36. The van der Waals surface area contributed by atoms with Crippen molar-refractivity contribution in [3.63, 3.8) is 0 Å². The van der Waals surface area contributed by atoms with E-state index in [0.717, 1.165) is 24.2 Å². The second kappa shape index (κ2) is 6.96. The van der Waals surface area contributed by atoms with Crippen molar-refractivity contribution in [1.82, 2.24) is 24.9 Å². The molecular formula is C21H23N5O2S. The first-order chi connectivity index (χ1) is 14.0. The lowest BCUT2D eigenvalue weighted by atomic mass is 9.98. The maximum absolute atomic E-state index is 10.5. The normalized spacial score (nSPS) is 24.0. The van der Waals surface area contributed by atoms with Crippen LogP contribution in [0, 0.1) is 6.92 Å². The van der Waals surface area contributed by atoms with E-state index in [1.54, 1.807) is 10.7 Å². The summed E-state index contributed by atoms with van der Waals surface area (Å²) in [6.07, 6.45) is 6.28. The van der Waals surface area contributed by atoms with Crippen LogP contribution in [0.15, 0.2) is 42.1 Å². The fourth-order valence-electron chi connectivity index (χ4n) is 4.29. The van der Waals surface area contributed by atoms with E-state index < -0.39 is 0 Å². The minimum absolute atomic E-state index is 0.134. The third-order valence-corrected chi connectivity index (χ3v) is 6.71. The van der Waals surface area contributed by atoms with Crippen molar-refractivity contribution in [3.05, 3.63) is 47.8 Å². The first-order valence-electron chi connectivity index (χ1n) is 9.74. The van der Waals surface area contributed by atoms with E-state index in [2.05, 4.69) is 40.2 Å². The van der Waals surface area contributed by atoms with E-state index in [1.165, 1.54) is 16.9 Å². The van der Waals surface area contributed by atoms with Crippen molar-refractivity contribution in [2.45, 2.75) is 44.9 Å². The summed E-state index contributed by atoms with van der Waals surface area (Å²) < 4.78 is 7.89. The van der Waals surface area contributed by atoms with Crippen molar-refractivity contribution >= 4 is 11.3 Å². The number of fused-ring (bicyclic) bond motifs is 2. The number of hydrogen-bond donors (Lipinski definition) is 1. The molecule has 1 aromatic carbocycles. The molecule has 0 saturated carbocycles. The second-order valence-corrected chi connectivity index (χ2v) is 8.79. The highest BCUT2D eigenvalue weighted by molar-refractivity contribution is 7.16. The first-order valence-corrected chi connectivity index (χ1v) is 10.6. The van der Waals surface area contributed by atoms with Gasteiger partial charge in [0.25, 0.3) is 5.19 Å². The van der Waals surface area contributed by atoms with E-state index in [9.17, 15) is 5.11 Å². The lowest BCUT2D eigenvalue weighted by Crippen LogP contribution is -2.45. The van der Waals surface area contributed by atoms with Crippen molar-refractivity contribution < 1.29 is 9.84 Å². The van der Waals surface area contributed by atoms with E-state index in [1.807, 2.05) is 31.3 Å². The van der Waals surface area contributed by atoms with Gasteiger partial charge in [-0.1, -0.05) is 28.1 Å². The number of rotatable bonds is 4. The Bertz CT molecular complexity index is 1090. The molecule has 29 heavy (non-hydrogen) atoms. The van der Waals surface area contributed by atoms with Crippen LogP contribution in [0.5, 0.6) is 10.9 Å². The zero-order valence-electron chi connectivity index (χ0n) is 16.6. The molecule has 0 amide bonds. The smallest absolute Gasteiger partial charge is 0.294 e. The molecule has 2 aliphatic rings. The molecule has 5 rings (SSSR count). The number of ether oxygens (including phenoxy) is 1. The first kappa shape index (κ1) is 18.3. The van der Waals surface area contributed by atoms with Crippen LogP contribution in [0.25, 0.3) is 16.3 Å². The quantitative estimate of drug-likeness (QED) is 0.664. The van der Waals surface area contributed by atoms with Crippen LogP contribution in [-0.2, 0) is 0 Å². The third-order valence-electron chi connectivity index (χ3n) is 5.86. The summed E-state index contributed by atoms with van der Waals surface area (Å²) in [4.78, 5) is 2.42. The number of aromatic hydroxyl groups is 1. The van der Waals surface area contributed by atoms with Crippen LogP contribution in [0.1, 0.15) is 25.5 Å². The predicted molar refractivity (Wildman–Crippen MR) is 112 cm³/mol. The zero-order chi connectivity index (χ0) is 20.1. The SMILES string of the molecule is CC1=CC2CC(Oc3nnc(-c4ccc(-n5ccc(C)n5)cc4O)s3)CC1N2C. The Labute approximate surface area is 173 Å². The molecule has 7 nitrogen and oxygen atoms in total. The molecular weight excluding hydrogens is 386 g/mol. The molecule has 2 aromatic heterocycles. The Kier molecular flexibility index (Phi) is 4.40. The van der Waals surface area contributed by atoms with Crippen LogP contribution in [0.4, 0.5) is 0 Å². The van der Waals surface area contributed by atoms with Gasteiger partial charge in [0.2, 0.25) is 0 Å². The number of piperidine rings is 1. The average molecular weight is 410 g/mol. The molecule has 8 heteroatoms. The fraction of sp³-hybridized carbons (Fsp3) is 0.381. The Morgan fingerprint density at radius 2 is 2.03 bits per heavy atom. The molecule has 2 aliphatic heterocycles. The summed E-state index contributed by atoms with van der Waals surface area (Å²) in [7, 11) is 2.18. The summed E-state index contributed by atoms with van der Waals surface area (Å²) >= 11 is 1.37. The Morgan fingerprint density at radius 3 is 2.76 bits per heavy atom. The summed E-state index contributed by atoms with van der Waals surface area (Å²) in [6, 6.07) is 8.25. The number of benzene rings is 1. The van der Waals surface area contributed by atoms with Gasteiger partial charge in [-0.25, -0.2) is 4.68 Å². The topological polar surface area (TPSA) is 76.3 Å². The highest BCUT2D eigenvalue weighted by Gasteiger charge is 2.39. The minimum atomic E-state index is 0.134. The van der Waals surface area contributed by atoms with Gasteiger partial charge in [0.05, 0.1) is 16.9 Å². The number of hydrogen-bond acceptors (Lipinski definition) is 7. The largest absolute Gasteiger partial charge is 0.507 e. The van der Waals surface area contributed by atoms with Crippen LogP contribution < -0.4 is 4.74 Å². The molecule has 150 valence electrons. The van der Waals surface area contributed by atoms with Gasteiger partial charge in [-0.15, -0.1) is 5.10 Å². The number of likely N-dealkylation sites (N-methyl/N-ethyl adjacent to an activating group) is 1. The van der Waals surface area contributed by atoms with Gasteiger partial charge in [0, 0.05) is 37.2 Å². The van der Waals surface area contributed by atoms with Crippen LogP contribution in [0.2, 0.25) is 0 Å². The lowest BCUT2D eigenvalue weighted by molar-refractivity contribution is 0.0720. The molecule has 4 heterocycles. The van der Waals surface area contributed by atoms with Crippen molar-refractivity contribution in [2.75, 3.05) is 7.05 Å². The van der Waals surface area contributed by atoms with Crippen LogP contribution >= 0.6 is 11.3 Å². The van der Waals surface area contributed by atoms with Gasteiger partial charge in [0.15, 0.2) is 5.01 Å². The molecule has 2 bridgehead atoms. The highest BCUT2D eigenvalue weighted by atomic mass is 32.1. The minimum Gasteiger partial charge on any atom is -0.507 e. The van der Waals surface area contributed by atoms with Gasteiger partial charge >= 0.3 is 0 Å². The Balaban J connectivity index is 1.32. The highest BCUT2D eigenvalue weighted by Crippen LogP contribution is 2.38. The molecule has 1 saturated heterocycles. The van der Waals surface area contributed by atoms with Crippen LogP contribution in [0.3, 0.4) is 0 Å². The maximum atomic E-state index is 10.5. The van der Waals surface area contributed by atoms with Gasteiger partial charge < -0.3 is 9.84 Å². The summed E-state index contributed by atoms with van der Waals surface area (Å²) in [5.74, 6) is 0.149. The molecule has 0 aliphatic carbocycles. The number of aryl methyl sites for hydroxylation is 1. The predicted octanol–water partition coefficient (Wildman–Crippen LogP) is 3.57. The van der Waals surface area contributed by atoms with Gasteiger partial charge in [-0.3, -0.25) is 4.90 Å². The van der Waals surface area contributed by atoms with E-state index in [-0.39, 0.29) is 11.9 Å². The van der Waals surface area contributed by atoms with Crippen molar-refractivity contribution in [2.24, 2.45) is 0 Å². The maximum Gasteiger partial charge on any atom is 0.294 e. The van der Waals surface area contributed by atoms with Gasteiger partial charge in [-0.2, -0.15) is 5.10 Å². The average Bonchev–Trinajstić information content (AvgIpc) is 3.35. The molecule has 3 atom stereocenters. The van der Waals surface area contributed by atoms with E-state index >= 15 is 0 Å². The van der Waals surface area contributed by atoms with Crippen LogP contribution in [-0.4, -0.2) is 55.2 Å². The zero-order valence-corrected chi connectivity index (χ0v) is 17.4. The molecule has 0 radical (unpaired) electrons. The van der Waals surface area contributed by atoms with Gasteiger partial charge in [0.1, 0.15) is 11.9 Å². The third kappa shape index (κ3) is 3.32. The molecule has 1 N–H and O–H groups in total. The van der Waals surface area contributed by atoms with Gasteiger partial charge in [-0.05, 0) is 39.1 Å². The molecule has 3 aromatic rings. The molecule has 3 unspecified atom stereocenters. The van der Waals surface area contributed by atoms with Crippen molar-refractivity contribution in [3.8, 4) is 27.2 Å². The fourth-order valence-corrected chi connectivity index (χ4v) is 5.09. The molecule has 1 fully saturated rings. The van der Waals surface area contributed by atoms with Crippen molar-refractivity contribution in [1.29, 1.82) is 0 Å². The summed E-state index contributed by atoms with van der Waals surface area (Å²) in [5.41, 5.74) is 3.79. The second-order valence-electron chi connectivity index (χ2n) is 7.85. The number of phenols is 1. The standard InChI is InChI=1S/C21H23N5O2S/c1-12-8-15-9-16(11-18(12)25(15)3)28-21-23-22-20(29-21)17-5-4-14(10-19(17)27)26-7-6-13(2)24-26/h4-8,10,15-16,18,27H,9,11H2,1-3H3. The summed E-state index contributed by atoms with van der Waals surface area (Å²) in [6.45, 7) is 4.13. The Morgan fingerprint density at radius 1 is 1.17 bits per heavy atom. The summed E-state index contributed by atoms with van der Waals surface area (Å²) in [5, 5.41) is 24.5. The van der Waals surface area contributed by atoms with E-state index in [0.29, 0.717) is 27.8 Å². The molecule has 0 spiro atoms. The number of nitrogens with zero attached hydrogens (tertiary/aromatic N) is 5. The number of aromatic nitrogens is 4.